The number of hydrogen-bond acceptors (Lipinski definition) is 6. The van der Waals surface area contributed by atoms with Gasteiger partial charge in [-0.05, 0) is 18.2 Å². The number of amides is 1. The Morgan fingerprint density at radius 3 is 2.83 bits per heavy atom. The van der Waals surface area contributed by atoms with Gasteiger partial charge in [0.1, 0.15) is 23.0 Å². The number of nitrogens with zero attached hydrogens (tertiary/aromatic N) is 2. The largest absolute Gasteiger partial charge is 0.422 e. The minimum Gasteiger partial charge on any atom is -0.422 e. The molecular formula is C15H9N3O5. The van der Waals surface area contributed by atoms with Gasteiger partial charge in [0.05, 0.1) is 4.92 Å². The lowest BCUT2D eigenvalue weighted by atomic mass is 10.1. The van der Waals surface area contributed by atoms with E-state index < -0.39 is 16.5 Å². The molecule has 0 aliphatic heterocycles. The second-order valence-electron chi connectivity index (χ2n) is 4.59. The van der Waals surface area contributed by atoms with Crippen LogP contribution in [0.1, 0.15) is 10.4 Å². The highest BCUT2D eigenvalue weighted by Gasteiger charge is 2.19. The van der Waals surface area contributed by atoms with E-state index in [2.05, 4.69) is 10.3 Å². The van der Waals surface area contributed by atoms with Crippen LogP contribution in [0.4, 0.5) is 11.4 Å². The van der Waals surface area contributed by atoms with Crippen LogP contribution in [0.3, 0.4) is 0 Å². The summed E-state index contributed by atoms with van der Waals surface area (Å²) in [6, 6.07) is 9.38. The number of rotatable bonds is 3. The van der Waals surface area contributed by atoms with E-state index in [1.165, 1.54) is 18.3 Å². The minimum atomic E-state index is -0.821. The van der Waals surface area contributed by atoms with Gasteiger partial charge in [-0.25, -0.2) is 4.79 Å². The quantitative estimate of drug-likeness (QED) is 0.451. The predicted molar refractivity (Wildman–Crippen MR) is 81.3 cm³/mol. The first-order valence-corrected chi connectivity index (χ1v) is 6.49. The van der Waals surface area contributed by atoms with Crippen LogP contribution < -0.4 is 10.9 Å². The Bertz CT molecular complexity index is 980. The summed E-state index contributed by atoms with van der Waals surface area (Å²) in [5.74, 6) is -0.793. The van der Waals surface area contributed by atoms with Crippen molar-refractivity contribution in [3.63, 3.8) is 0 Å². The van der Waals surface area contributed by atoms with Crippen LogP contribution in [0.25, 0.3) is 11.0 Å². The van der Waals surface area contributed by atoms with Crippen molar-refractivity contribution < 1.29 is 14.1 Å². The van der Waals surface area contributed by atoms with Crippen LogP contribution in [-0.4, -0.2) is 15.8 Å². The van der Waals surface area contributed by atoms with E-state index in [0.29, 0.717) is 11.0 Å². The molecule has 114 valence electrons. The normalized spacial score (nSPS) is 10.4. The molecular weight excluding hydrogens is 302 g/mol. The fourth-order valence-electron chi connectivity index (χ4n) is 2.05. The molecule has 1 aromatic carbocycles. The van der Waals surface area contributed by atoms with Crippen molar-refractivity contribution in [1.82, 2.24) is 4.98 Å². The first kappa shape index (κ1) is 14.4. The average molecular weight is 311 g/mol. The smallest absolute Gasteiger partial charge is 0.349 e. The number of nitro groups is 1. The summed E-state index contributed by atoms with van der Waals surface area (Å²) in [5, 5.41) is 13.8. The van der Waals surface area contributed by atoms with Crippen LogP contribution in [0, 0.1) is 10.1 Å². The van der Waals surface area contributed by atoms with Gasteiger partial charge < -0.3 is 9.73 Å². The zero-order chi connectivity index (χ0) is 16.4. The van der Waals surface area contributed by atoms with E-state index in [4.69, 9.17) is 4.42 Å². The highest BCUT2D eigenvalue weighted by molar-refractivity contribution is 6.06. The molecule has 0 fully saturated rings. The number of carbonyl (C=O) groups excluding carboxylic acids is 1. The summed E-state index contributed by atoms with van der Waals surface area (Å²) in [6.45, 7) is 0. The van der Waals surface area contributed by atoms with Gasteiger partial charge in [-0.3, -0.25) is 19.9 Å². The molecule has 23 heavy (non-hydrogen) atoms. The summed E-state index contributed by atoms with van der Waals surface area (Å²) >= 11 is 0. The molecule has 1 amide bonds. The Morgan fingerprint density at radius 1 is 1.26 bits per heavy atom. The number of para-hydroxylation sites is 1. The second-order valence-corrected chi connectivity index (χ2v) is 4.59. The van der Waals surface area contributed by atoms with Crippen LogP contribution >= 0.6 is 0 Å². The molecule has 0 unspecified atom stereocenters. The van der Waals surface area contributed by atoms with Gasteiger partial charge in [0.2, 0.25) is 0 Å². The summed E-state index contributed by atoms with van der Waals surface area (Å²) in [4.78, 5) is 38.0. The fourth-order valence-corrected chi connectivity index (χ4v) is 2.05. The maximum absolute atomic E-state index is 12.2. The molecule has 3 rings (SSSR count). The number of fused-ring (bicyclic) bond motifs is 1. The van der Waals surface area contributed by atoms with Crippen LogP contribution in [-0.2, 0) is 0 Å². The Hall–Kier alpha value is -3.55. The molecule has 0 saturated carbocycles. The van der Waals surface area contributed by atoms with Gasteiger partial charge in [-0.15, -0.1) is 0 Å². The number of carbonyl (C=O) groups is 1. The molecule has 3 aromatic rings. The average Bonchev–Trinajstić information content (AvgIpc) is 2.54. The van der Waals surface area contributed by atoms with Crippen molar-refractivity contribution in [2.45, 2.75) is 0 Å². The van der Waals surface area contributed by atoms with Gasteiger partial charge in [-0.1, -0.05) is 18.2 Å². The summed E-state index contributed by atoms with van der Waals surface area (Å²) in [7, 11) is 0. The molecule has 0 spiro atoms. The molecule has 1 N–H and O–H groups in total. The molecule has 0 aliphatic rings. The molecule has 0 radical (unpaired) electrons. The molecule has 8 heteroatoms. The number of hydrogen-bond donors (Lipinski definition) is 1. The number of benzene rings is 1. The first-order valence-electron chi connectivity index (χ1n) is 6.49. The predicted octanol–water partition coefficient (Wildman–Crippen LogP) is 2.35. The van der Waals surface area contributed by atoms with Gasteiger partial charge in [0.15, 0.2) is 0 Å². The van der Waals surface area contributed by atoms with Gasteiger partial charge >= 0.3 is 11.3 Å². The van der Waals surface area contributed by atoms with Crippen LogP contribution in [0.2, 0.25) is 0 Å². The van der Waals surface area contributed by atoms with Crippen molar-refractivity contribution >= 4 is 28.3 Å². The molecule has 0 saturated heterocycles. The molecule has 0 atom stereocenters. The Kier molecular flexibility index (Phi) is 3.55. The number of pyridine rings is 1. The minimum absolute atomic E-state index is 0.0532. The zero-order valence-electron chi connectivity index (χ0n) is 11.6. The zero-order valence-corrected chi connectivity index (χ0v) is 11.6. The SMILES string of the molecule is O=C(Nc1ccncc1[N+](=O)[O-])c1cc2ccccc2oc1=O. The van der Waals surface area contributed by atoms with E-state index in [9.17, 15) is 19.7 Å². The third-order valence-corrected chi connectivity index (χ3v) is 3.13. The van der Waals surface area contributed by atoms with Crippen molar-refractivity contribution in [2.75, 3.05) is 5.32 Å². The van der Waals surface area contributed by atoms with Gasteiger partial charge in [0, 0.05) is 11.6 Å². The highest BCUT2D eigenvalue weighted by atomic mass is 16.6. The third kappa shape index (κ3) is 2.77. The van der Waals surface area contributed by atoms with Crippen molar-refractivity contribution in [3.05, 3.63) is 74.9 Å². The monoisotopic (exact) mass is 311 g/mol. The number of aromatic nitrogens is 1. The fraction of sp³-hybridized carbons (Fsp3) is 0. The Morgan fingerprint density at radius 2 is 2.04 bits per heavy atom. The number of anilines is 1. The molecule has 0 aliphatic carbocycles. The van der Waals surface area contributed by atoms with E-state index >= 15 is 0 Å². The maximum atomic E-state index is 12.2. The van der Waals surface area contributed by atoms with Crippen molar-refractivity contribution in [3.8, 4) is 0 Å². The van der Waals surface area contributed by atoms with Crippen LogP contribution in [0.5, 0.6) is 0 Å². The lowest BCUT2D eigenvalue weighted by molar-refractivity contribution is -0.384. The number of nitrogens with one attached hydrogen (secondary N) is 1. The molecule has 2 aromatic heterocycles. The molecule has 0 bridgehead atoms. The first-order chi connectivity index (χ1) is 11.1. The topological polar surface area (TPSA) is 115 Å². The Labute approximate surface area is 128 Å². The van der Waals surface area contributed by atoms with Crippen LogP contribution in [0.15, 0.2) is 58.0 Å². The van der Waals surface area contributed by atoms with E-state index in [-0.39, 0.29) is 16.9 Å². The Balaban J connectivity index is 2.00. The van der Waals surface area contributed by atoms with Crippen molar-refractivity contribution in [1.29, 1.82) is 0 Å². The lowest BCUT2D eigenvalue weighted by Gasteiger charge is -2.05. The van der Waals surface area contributed by atoms with E-state index in [1.54, 1.807) is 24.3 Å². The van der Waals surface area contributed by atoms with Gasteiger partial charge in [0.25, 0.3) is 5.91 Å². The molecule has 8 nitrogen and oxygen atoms in total. The lowest BCUT2D eigenvalue weighted by Crippen LogP contribution is -2.21. The third-order valence-electron chi connectivity index (χ3n) is 3.13. The summed E-state index contributed by atoms with van der Waals surface area (Å²) in [6.07, 6.45) is 2.31. The molecule has 2 heterocycles. The standard InChI is InChI=1S/C15H9N3O5/c19-14(17-11-5-6-16-8-12(11)18(21)22)10-7-9-3-1-2-4-13(9)23-15(10)20/h1-8H,(H,16,17,19). The summed E-state index contributed by atoms with van der Waals surface area (Å²) < 4.78 is 5.07. The van der Waals surface area contributed by atoms with Crippen molar-refractivity contribution in [2.24, 2.45) is 0 Å². The summed E-state index contributed by atoms with van der Waals surface area (Å²) in [5.41, 5.74) is -1.13. The van der Waals surface area contributed by atoms with E-state index in [0.717, 1.165) is 6.20 Å². The van der Waals surface area contributed by atoms with Gasteiger partial charge in [-0.2, -0.15) is 0 Å². The van der Waals surface area contributed by atoms with E-state index in [1.807, 2.05) is 0 Å². The maximum Gasteiger partial charge on any atom is 0.349 e. The second kappa shape index (κ2) is 5.68. The highest BCUT2D eigenvalue weighted by Crippen LogP contribution is 2.22.